The minimum atomic E-state index is -4.57. The van der Waals surface area contributed by atoms with Gasteiger partial charge in [0.05, 0.1) is 17.2 Å². The van der Waals surface area contributed by atoms with Gasteiger partial charge < -0.3 is 15.2 Å². The second-order valence-electron chi connectivity index (χ2n) is 9.29. The first-order chi connectivity index (χ1) is 20.9. The molecular formula is C33H34F4N2O4S. The van der Waals surface area contributed by atoms with E-state index in [2.05, 4.69) is 10.6 Å². The largest absolute Gasteiger partial charge is 0.416 e. The molecule has 0 radical (unpaired) electrons. The van der Waals surface area contributed by atoms with E-state index in [0.717, 1.165) is 23.3 Å². The summed E-state index contributed by atoms with van der Waals surface area (Å²) in [5.74, 6) is -2.27. The molecule has 3 N–H and O–H groups in total. The molecule has 0 saturated heterocycles. The van der Waals surface area contributed by atoms with Crippen LogP contribution in [0, 0.1) is 11.7 Å². The molecule has 2 aromatic rings. The lowest BCUT2D eigenvalue weighted by atomic mass is 9.96. The number of allylic oxidation sites excluding steroid dienone is 10. The van der Waals surface area contributed by atoms with Crippen molar-refractivity contribution in [2.75, 3.05) is 12.3 Å². The van der Waals surface area contributed by atoms with Gasteiger partial charge in [-0.05, 0) is 67.3 Å². The Bertz CT molecular complexity index is 1460. The molecule has 2 atom stereocenters. The van der Waals surface area contributed by atoms with Crippen LogP contribution in [0.5, 0.6) is 0 Å². The standard InChI is InChI=1S/C33H34F4N2O4S/c1-3-7-25(26-16-18-30(34)19-17-26)10-6-20-38-32(41)28(9-5-11-29(8-4-2)33(35,36)37)23-24-12-14-27(15-13-24)31(40)39-21-22-44(42)43/h3-20,28H,21-23H2,1-2H3,(H,38,41)(H,39,40)(H,42,43)/b7-3-,8-4-,9-5+,20-6+,25-10+,29-11+. The summed E-state index contributed by atoms with van der Waals surface area (Å²) in [4.78, 5) is 25.4. The molecule has 2 rings (SSSR count). The summed E-state index contributed by atoms with van der Waals surface area (Å²) in [5.41, 5.74) is 1.59. The molecule has 0 aliphatic carbocycles. The van der Waals surface area contributed by atoms with Gasteiger partial charge >= 0.3 is 6.18 Å². The van der Waals surface area contributed by atoms with Gasteiger partial charge in [0.15, 0.2) is 11.1 Å². The number of amides is 2. The number of hydrogen-bond donors (Lipinski definition) is 3. The second kappa shape index (κ2) is 18.3. The Morgan fingerprint density at radius 3 is 2.16 bits per heavy atom. The van der Waals surface area contributed by atoms with Crippen molar-refractivity contribution in [3.8, 4) is 0 Å². The highest BCUT2D eigenvalue weighted by molar-refractivity contribution is 7.79. The zero-order chi connectivity index (χ0) is 32.5. The lowest BCUT2D eigenvalue weighted by Gasteiger charge is -2.12. The Hall–Kier alpha value is -4.35. The van der Waals surface area contributed by atoms with Gasteiger partial charge in [0.2, 0.25) is 5.91 Å². The van der Waals surface area contributed by atoms with Crippen LogP contribution in [0.2, 0.25) is 0 Å². The van der Waals surface area contributed by atoms with Gasteiger partial charge in [-0.3, -0.25) is 9.59 Å². The smallest absolute Gasteiger partial charge is 0.351 e. The number of halogens is 4. The van der Waals surface area contributed by atoms with E-state index < -0.39 is 40.6 Å². The van der Waals surface area contributed by atoms with Gasteiger partial charge in [0.25, 0.3) is 5.91 Å². The number of carbonyl (C=O) groups excluding carboxylic acids is 2. The van der Waals surface area contributed by atoms with Crippen molar-refractivity contribution in [2.45, 2.75) is 26.4 Å². The van der Waals surface area contributed by atoms with E-state index in [1.165, 1.54) is 55.6 Å². The van der Waals surface area contributed by atoms with Crippen LogP contribution in [0.25, 0.3) is 5.57 Å². The van der Waals surface area contributed by atoms with Crippen LogP contribution in [0.15, 0.2) is 115 Å². The Morgan fingerprint density at radius 2 is 1.57 bits per heavy atom. The van der Waals surface area contributed by atoms with E-state index in [-0.39, 0.29) is 24.5 Å². The van der Waals surface area contributed by atoms with Crippen LogP contribution in [0.1, 0.15) is 35.3 Å². The molecule has 0 bridgehead atoms. The molecular weight excluding hydrogens is 596 g/mol. The zero-order valence-electron chi connectivity index (χ0n) is 24.2. The fraction of sp³-hybridized carbons (Fsp3) is 0.212. The Labute approximate surface area is 256 Å². The van der Waals surface area contributed by atoms with Crippen LogP contribution < -0.4 is 10.6 Å². The van der Waals surface area contributed by atoms with E-state index in [1.54, 1.807) is 36.4 Å². The first-order valence-electron chi connectivity index (χ1n) is 13.5. The number of benzene rings is 2. The summed E-state index contributed by atoms with van der Waals surface area (Å²) < 4.78 is 72.8. The average molecular weight is 631 g/mol. The number of hydrogen-bond acceptors (Lipinski definition) is 3. The first-order valence-corrected chi connectivity index (χ1v) is 14.8. The van der Waals surface area contributed by atoms with Crippen molar-refractivity contribution in [2.24, 2.45) is 5.92 Å². The quantitative estimate of drug-likeness (QED) is 0.121. The van der Waals surface area contributed by atoms with Crippen molar-refractivity contribution in [3.63, 3.8) is 0 Å². The molecule has 0 aliphatic rings. The number of nitrogens with one attached hydrogen (secondary N) is 2. The van der Waals surface area contributed by atoms with Gasteiger partial charge in [0, 0.05) is 18.3 Å². The minimum Gasteiger partial charge on any atom is -0.351 e. The van der Waals surface area contributed by atoms with E-state index in [1.807, 2.05) is 19.1 Å². The van der Waals surface area contributed by atoms with Crippen LogP contribution in [0.3, 0.4) is 0 Å². The van der Waals surface area contributed by atoms with Crippen LogP contribution in [-0.4, -0.2) is 39.0 Å². The second-order valence-corrected chi connectivity index (χ2v) is 10.3. The molecule has 0 spiro atoms. The number of alkyl halides is 3. The number of carbonyl (C=O) groups is 2. The minimum absolute atomic E-state index is 0.0141. The van der Waals surface area contributed by atoms with Gasteiger partial charge in [-0.15, -0.1) is 0 Å². The summed E-state index contributed by atoms with van der Waals surface area (Å²) in [5, 5.41) is 5.17. The fourth-order valence-corrected chi connectivity index (χ4v) is 4.10. The van der Waals surface area contributed by atoms with Crippen molar-refractivity contribution in [1.29, 1.82) is 0 Å². The maximum atomic E-state index is 13.3. The highest BCUT2D eigenvalue weighted by Gasteiger charge is 2.31. The lowest BCUT2D eigenvalue weighted by Crippen LogP contribution is -2.28. The maximum Gasteiger partial charge on any atom is 0.416 e. The molecule has 0 heterocycles. The molecule has 11 heteroatoms. The molecule has 44 heavy (non-hydrogen) atoms. The topological polar surface area (TPSA) is 95.5 Å². The Balaban J connectivity index is 2.25. The molecule has 6 nitrogen and oxygen atoms in total. The monoisotopic (exact) mass is 630 g/mol. The van der Waals surface area contributed by atoms with Crippen LogP contribution in [-0.2, 0) is 22.3 Å². The summed E-state index contributed by atoms with van der Waals surface area (Å²) in [7, 11) is 0. The van der Waals surface area contributed by atoms with Gasteiger partial charge in [-0.25, -0.2) is 8.60 Å². The maximum absolute atomic E-state index is 13.3. The summed E-state index contributed by atoms with van der Waals surface area (Å²) >= 11 is -2.04. The van der Waals surface area contributed by atoms with Crippen molar-refractivity contribution in [3.05, 3.63) is 137 Å². The highest BCUT2D eigenvalue weighted by atomic mass is 32.2. The van der Waals surface area contributed by atoms with Gasteiger partial charge in [-0.2, -0.15) is 13.2 Å². The number of rotatable bonds is 14. The fourth-order valence-electron chi connectivity index (χ4n) is 3.82. The SMILES string of the molecule is C\C=C/C(=C\C=C\NC(=O)C(/C=C/C=C(\C=C/C)C(F)(F)F)Cc1ccc(C(=O)NCCS(=O)O)cc1)c1ccc(F)cc1. The van der Waals surface area contributed by atoms with E-state index in [9.17, 15) is 31.4 Å². The molecule has 0 aromatic heterocycles. The third-order valence-electron chi connectivity index (χ3n) is 5.98. The molecule has 234 valence electrons. The predicted molar refractivity (Wildman–Crippen MR) is 166 cm³/mol. The van der Waals surface area contributed by atoms with E-state index in [4.69, 9.17) is 4.55 Å². The van der Waals surface area contributed by atoms with Crippen molar-refractivity contribution >= 4 is 28.5 Å². The average Bonchev–Trinajstić information content (AvgIpc) is 2.97. The zero-order valence-corrected chi connectivity index (χ0v) is 25.0. The van der Waals surface area contributed by atoms with Crippen LogP contribution >= 0.6 is 0 Å². The highest BCUT2D eigenvalue weighted by Crippen LogP contribution is 2.26. The third kappa shape index (κ3) is 12.9. The van der Waals surface area contributed by atoms with E-state index >= 15 is 0 Å². The van der Waals surface area contributed by atoms with Crippen LogP contribution in [0.4, 0.5) is 17.6 Å². The Morgan fingerprint density at radius 1 is 0.932 bits per heavy atom. The van der Waals surface area contributed by atoms with Crippen molar-refractivity contribution < 1.29 is 35.9 Å². The molecule has 2 amide bonds. The molecule has 0 saturated carbocycles. The van der Waals surface area contributed by atoms with Gasteiger partial charge in [-0.1, -0.05) is 72.9 Å². The summed E-state index contributed by atoms with van der Waals surface area (Å²) in [6, 6.07) is 12.2. The third-order valence-corrected chi connectivity index (χ3v) is 6.54. The van der Waals surface area contributed by atoms with E-state index in [0.29, 0.717) is 11.1 Å². The van der Waals surface area contributed by atoms with Crippen molar-refractivity contribution in [1.82, 2.24) is 10.6 Å². The summed E-state index contributed by atoms with van der Waals surface area (Å²) in [6.07, 6.45) is 9.53. The molecule has 2 unspecified atom stereocenters. The molecule has 2 aromatic carbocycles. The molecule has 0 fully saturated rings. The lowest BCUT2D eigenvalue weighted by molar-refractivity contribution is -0.122. The first kappa shape index (κ1) is 35.8. The predicted octanol–water partition coefficient (Wildman–Crippen LogP) is 6.85. The Kier molecular flexibility index (Phi) is 14.9. The normalized spacial score (nSPS) is 14.5. The summed E-state index contributed by atoms with van der Waals surface area (Å²) in [6.45, 7) is 3.31. The van der Waals surface area contributed by atoms with Gasteiger partial charge in [0.1, 0.15) is 5.82 Å². The molecule has 0 aliphatic heterocycles.